The van der Waals surface area contributed by atoms with Crippen molar-refractivity contribution in [2.45, 2.75) is 37.6 Å². The van der Waals surface area contributed by atoms with E-state index in [2.05, 4.69) is 21.2 Å². The van der Waals surface area contributed by atoms with E-state index in [1.54, 1.807) is 7.11 Å². The summed E-state index contributed by atoms with van der Waals surface area (Å²) in [5.74, 6) is 0.785. The molecule has 0 aliphatic carbocycles. The van der Waals surface area contributed by atoms with E-state index in [0.717, 1.165) is 11.3 Å². The average molecular weight is 314 g/mol. The van der Waals surface area contributed by atoms with Crippen molar-refractivity contribution in [3.63, 3.8) is 0 Å². The summed E-state index contributed by atoms with van der Waals surface area (Å²) in [6.45, 7) is 6.01. The minimum Gasteiger partial charge on any atom is -0.497 e. The van der Waals surface area contributed by atoms with Crippen LogP contribution < -0.4 is 10.1 Å². The van der Waals surface area contributed by atoms with Crippen LogP contribution in [-0.4, -0.2) is 23.4 Å². The molecule has 0 radical (unpaired) electrons. The number of rotatable bonds is 5. The molecule has 0 aliphatic heterocycles. The standard InChI is InChI=1S/C14H20BrNO2/c1-10(15)14(2,3)16-13(17)9-11-6-5-7-12(8-11)18-4/h5-8,10H,9H2,1-4H3,(H,16,17). The number of carbonyl (C=O) groups is 1. The van der Waals surface area contributed by atoms with Crippen molar-refractivity contribution in [3.05, 3.63) is 29.8 Å². The Morgan fingerprint density at radius 2 is 2.17 bits per heavy atom. The van der Waals surface area contributed by atoms with Crippen molar-refractivity contribution in [2.24, 2.45) is 0 Å². The molecule has 0 heterocycles. The van der Waals surface area contributed by atoms with E-state index in [1.165, 1.54) is 0 Å². The first-order chi connectivity index (χ1) is 8.35. The summed E-state index contributed by atoms with van der Waals surface area (Å²) in [7, 11) is 1.62. The highest BCUT2D eigenvalue weighted by molar-refractivity contribution is 9.09. The smallest absolute Gasteiger partial charge is 0.224 e. The average Bonchev–Trinajstić information content (AvgIpc) is 2.28. The summed E-state index contributed by atoms with van der Waals surface area (Å²) in [5, 5.41) is 3.02. The molecular formula is C14H20BrNO2. The number of benzene rings is 1. The first kappa shape index (κ1) is 15.0. The maximum absolute atomic E-state index is 12.0. The highest BCUT2D eigenvalue weighted by Crippen LogP contribution is 2.17. The SMILES string of the molecule is COc1cccc(CC(=O)NC(C)(C)C(C)Br)c1. The maximum Gasteiger partial charge on any atom is 0.224 e. The first-order valence-electron chi connectivity index (χ1n) is 5.93. The van der Waals surface area contributed by atoms with Crippen LogP contribution in [0.25, 0.3) is 0 Å². The van der Waals surface area contributed by atoms with E-state index in [1.807, 2.05) is 45.0 Å². The fourth-order valence-electron chi connectivity index (χ4n) is 1.47. The number of alkyl halides is 1. The molecule has 100 valence electrons. The molecule has 18 heavy (non-hydrogen) atoms. The number of halogens is 1. The Hall–Kier alpha value is -1.03. The number of ether oxygens (including phenoxy) is 1. The predicted molar refractivity (Wildman–Crippen MR) is 77.3 cm³/mol. The minimum atomic E-state index is -0.268. The Balaban J connectivity index is 2.65. The zero-order valence-electron chi connectivity index (χ0n) is 11.3. The molecule has 0 spiro atoms. The Bertz CT molecular complexity index is 416. The zero-order valence-corrected chi connectivity index (χ0v) is 12.9. The second-order valence-electron chi connectivity index (χ2n) is 4.91. The van der Waals surface area contributed by atoms with E-state index in [9.17, 15) is 4.79 Å². The zero-order chi connectivity index (χ0) is 13.8. The lowest BCUT2D eigenvalue weighted by molar-refractivity contribution is -0.121. The fraction of sp³-hybridized carbons (Fsp3) is 0.500. The molecule has 1 unspecified atom stereocenters. The molecule has 1 aromatic carbocycles. The molecule has 0 fully saturated rings. The van der Waals surface area contributed by atoms with Crippen molar-refractivity contribution in [2.75, 3.05) is 7.11 Å². The monoisotopic (exact) mass is 313 g/mol. The normalized spacial score (nSPS) is 12.9. The molecule has 4 heteroatoms. The molecule has 1 amide bonds. The third-order valence-corrected chi connectivity index (χ3v) is 4.10. The van der Waals surface area contributed by atoms with Crippen LogP contribution in [-0.2, 0) is 11.2 Å². The van der Waals surface area contributed by atoms with E-state index in [0.29, 0.717) is 6.42 Å². The van der Waals surface area contributed by atoms with Crippen LogP contribution in [0.5, 0.6) is 5.75 Å². The van der Waals surface area contributed by atoms with Crippen LogP contribution >= 0.6 is 15.9 Å². The fourth-order valence-corrected chi connectivity index (χ4v) is 1.59. The van der Waals surface area contributed by atoms with Gasteiger partial charge in [-0.25, -0.2) is 0 Å². The van der Waals surface area contributed by atoms with Crippen LogP contribution in [0, 0.1) is 0 Å². The maximum atomic E-state index is 12.0. The van der Waals surface area contributed by atoms with Gasteiger partial charge in [-0.15, -0.1) is 0 Å². The summed E-state index contributed by atoms with van der Waals surface area (Å²) >= 11 is 3.50. The van der Waals surface area contributed by atoms with Crippen molar-refractivity contribution in [3.8, 4) is 5.75 Å². The summed E-state index contributed by atoms with van der Waals surface area (Å²) in [5.41, 5.74) is 0.681. The van der Waals surface area contributed by atoms with Crippen LogP contribution in [0.15, 0.2) is 24.3 Å². The quantitative estimate of drug-likeness (QED) is 0.849. The van der Waals surface area contributed by atoms with E-state index in [-0.39, 0.29) is 16.3 Å². The van der Waals surface area contributed by atoms with Crippen LogP contribution in [0.4, 0.5) is 0 Å². The Morgan fingerprint density at radius 3 is 2.72 bits per heavy atom. The van der Waals surface area contributed by atoms with Gasteiger partial charge in [-0.3, -0.25) is 4.79 Å². The second-order valence-corrected chi connectivity index (χ2v) is 6.29. The first-order valence-corrected chi connectivity index (χ1v) is 6.84. The Kier molecular flexibility index (Phi) is 5.20. The molecule has 1 N–H and O–H groups in total. The van der Waals surface area contributed by atoms with Gasteiger partial charge in [0.25, 0.3) is 0 Å². The summed E-state index contributed by atoms with van der Waals surface area (Å²) in [4.78, 5) is 12.2. The summed E-state index contributed by atoms with van der Waals surface area (Å²) < 4.78 is 5.14. The van der Waals surface area contributed by atoms with Gasteiger partial charge in [-0.05, 0) is 31.5 Å². The van der Waals surface area contributed by atoms with Crippen LogP contribution in [0.3, 0.4) is 0 Å². The number of carbonyl (C=O) groups excluding carboxylic acids is 1. The Labute approximate surface area is 117 Å². The number of methoxy groups -OCH3 is 1. The summed E-state index contributed by atoms with van der Waals surface area (Å²) in [6, 6.07) is 7.56. The number of hydrogen-bond acceptors (Lipinski definition) is 2. The topological polar surface area (TPSA) is 38.3 Å². The van der Waals surface area contributed by atoms with Crippen molar-refractivity contribution < 1.29 is 9.53 Å². The van der Waals surface area contributed by atoms with Gasteiger partial charge in [0, 0.05) is 10.4 Å². The molecule has 0 aromatic heterocycles. The van der Waals surface area contributed by atoms with Gasteiger partial charge in [-0.2, -0.15) is 0 Å². The largest absolute Gasteiger partial charge is 0.497 e. The molecule has 1 rings (SSSR count). The summed E-state index contributed by atoms with van der Waals surface area (Å²) in [6.07, 6.45) is 0.361. The van der Waals surface area contributed by atoms with Crippen molar-refractivity contribution in [1.29, 1.82) is 0 Å². The lowest BCUT2D eigenvalue weighted by atomic mass is 10.0. The van der Waals surface area contributed by atoms with Crippen LogP contribution in [0.1, 0.15) is 26.3 Å². The van der Waals surface area contributed by atoms with Gasteiger partial charge in [0.05, 0.1) is 13.5 Å². The number of amides is 1. The van der Waals surface area contributed by atoms with E-state index < -0.39 is 0 Å². The highest BCUT2D eigenvalue weighted by atomic mass is 79.9. The van der Waals surface area contributed by atoms with Gasteiger partial charge >= 0.3 is 0 Å². The minimum absolute atomic E-state index is 0.0135. The molecule has 0 saturated carbocycles. The molecular weight excluding hydrogens is 294 g/mol. The predicted octanol–water partition coefficient (Wildman–Crippen LogP) is 2.92. The number of hydrogen-bond donors (Lipinski definition) is 1. The lowest BCUT2D eigenvalue weighted by Gasteiger charge is -2.29. The van der Waals surface area contributed by atoms with E-state index >= 15 is 0 Å². The van der Waals surface area contributed by atoms with Gasteiger partial charge in [-0.1, -0.05) is 35.0 Å². The molecule has 3 nitrogen and oxygen atoms in total. The molecule has 0 aliphatic rings. The van der Waals surface area contributed by atoms with Crippen molar-refractivity contribution in [1.82, 2.24) is 5.32 Å². The molecule has 0 saturated heterocycles. The third kappa shape index (κ3) is 4.33. The van der Waals surface area contributed by atoms with E-state index in [4.69, 9.17) is 4.74 Å². The number of nitrogens with one attached hydrogen (secondary N) is 1. The van der Waals surface area contributed by atoms with Crippen molar-refractivity contribution >= 4 is 21.8 Å². The van der Waals surface area contributed by atoms with Gasteiger partial charge in [0.15, 0.2) is 0 Å². The second kappa shape index (κ2) is 6.23. The third-order valence-electron chi connectivity index (χ3n) is 2.95. The Morgan fingerprint density at radius 1 is 1.50 bits per heavy atom. The van der Waals surface area contributed by atoms with Gasteiger partial charge in [0.1, 0.15) is 5.75 Å². The van der Waals surface area contributed by atoms with Crippen LogP contribution in [0.2, 0.25) is 0 Å². The highest BCUT2D eigenvalue weighted by Gasteiger charge is 2.25. The molecule has 1 atom stereocenters. The molecule has 0 bridgehead atoms. The molecule has 1 aromatic rings. The van der Waals surface area contributed by atoms with Gasteiger partial charge < -0.3 is 10.1 Å². The van der Waals surface area contributed by atoms with Gasteiger partial charge in [0.2, 0.25) is 5.91 Å². The lowest BCUT2D eigenvalue weighted by Crippen LogP contribution is -2.49.